The molecule has 4 nitrogen and oxygen atoms in total. The summed E-state index contributed by atoms with van der Waals surface area (Å²) < 4.78 is 38.1. The van der Waals surface area contributed by atoms with Crippen molar-refractivity contribution in [2.45, 2.75) is 32.5 Å². The van der Waals surface area contributed by atoms with E-state index in [2.05, 4.69) is 28.5 Å². The molecule has 1 fully saturated rings. The maximum absolute atomic E-state index is 13.5. The van der Waals surface area contributed by atoms with Gasteiger partial charge in [0.15, 0.2) is 0 Å². The van der Waals surface area contributed by atoms with Crippen molar-refractivity contribution in [2.75, 3.05) is 44.7 Å². The molecule has 0 N–H and O–H groups in total. The number of allylic oxidation sites excluding steroid dienone is 1. The minimum absolute atomic E-state index is 0. The van der Waals surface area contributed by atoms with Gasteiger partial charge in [-0.3, -0.25) is 4.90 Å². The third-order valence-corrected chi connectivity index (χ3v) is 5.86. The lowest BCUT2D eigenvalue weighted by atomic mass is 10.0. The number of halogens is 2. The van der Waals surface area contributed by atoms with Crippen LogP contribution in [0.4, 0.5) is 14.5 Å². The monoisotopic (exact) mass is 464 g/mol. The summed E-state index contributed by atoms with van der Waals surface area (Å²) in [5.41, 5.74) is -0.856. The molecule has 2 aromatic rings. The maximum atomic E-state index is 13.5. The number of rotatable bonds is 9. The van der Waals surface area contributed by atoms with Crippen LogP contribution in [0.3, 0.4) is 0 Å². The smallest absolute Gasteiger partial charge is 0.283 e. The Morgan fingerprint density at radius 3 is 2.16 bits per heavy atom. The molecule has 0 amide bonds. The summed E-state index contributed by atoms with van der Waals surface area (Å²) in [7, 11) is 3.25. The molecule has 2 aromatic carbocycles. The maximum Gasteiger partial charge on any atom is 0.283 e. The molecule has 3 rings (SSSR count). The highest BCUT2D eigenvalue weighted by Crippen LogP contribution is 2.36. The fourth-order valence-corrected chi connectivity index (χ4v) is 3.97. The van der Waals surface area contributed by atoms with Crippen LogP contribution < -0.4 is 9.64 Å². The quantitative estimate of drug-likeness (QED) is 0.333. The van der Waals surface area contributed by atoms with Gasteiger partial charge in [-0.25, -0.2) is 0 Å². The highest BCUT2D eigenvalue weighted by molar-refractivity contribution is 7.17. The van der Waals surface area contributed by atoms with Gasteiger partial charge in [0.2, 0.25) is 0 Å². The number of benzene rings is 2. The van der Waals surface area contributed by atoms with E-state index in [0.717, 1.165) is 50.5 Å². The molecular weight excluding hydrogens is 429 g/mol. The Morgan fingerprint density at radius 2 is 1.66 bits per heavy atom. The molecule has 1 heterocycles. The predicted molar refractivity (Wildman–Crippen MR) is 132 cm³/mol. The van der Waals surface area contributed by atoms with Gasteiger partial charge in [-0.05, 0) is 36.8 Å². The van der Waals surface area contributed by atoms with Gasteiger partial charge in [0, 0.05) is 50.4 Å². The summed E-state index contributed by atoms with van der Waals surface area (Å²) in [6.45, 7) is 10.4. The Labute approximate surface area is 193 Å². The largest absolute Gasteiger partial charge is 0.497 e. The molecule has 32 heavy (non-hydrogen) atoms. The zero-order valence-corrected chi connectivity index (χ0v) is 19.3. The second-order valence-corrected chi connectivity index (χ2v) is 8.59. The summed E-state index contributed by atoms with van der Waals surface area (Å²) in [4.78, 5) is 4.79. The van der Waals surface area contributed by atoms with Gasteiger partial charge < -0.3 is 14.4 Å². The van der Waals surface area contributed by atoms with E-state index in [1.165, 1.54) is 17.8 Å². The number of nitrogens with zero attached hydrogens (tertiary/aromatic N) is 2. The minimum Gasteiger partial charge on any atom is -0.497 e. The van der Waals surface area contributed by atoms with Crippen molar-refractivity contribution in [3.8, 4) is 5.75 Å². The van der Waals surface area contributed by atoms with Crippen LogP contribution in [0.5, 0.6) is 5.75 Å². The van der Waals surface area contributed by atoms with Crippen LogP contribution in [-0.2, 0) is 10.4 Å². The van der Waals surface area contributed by atoms with Crippen molar-refractivity contribution in [2.24, 2.45) is 0 Å². The highest BCUT2D eigenvalue weighted by Gasteiger charge is 2.25. The van der Waals surface area contributed by atoms with Gasteiger partial charge in [0.1, 0.15) is 11.9 Å². The average Bonchev–Trinajstić information content (AvgIpc) is 2.76. The molecule has 0 spiro atoms. The van der Waals surface area contributed by atoms with Crippen molar-refractivity contribution >= 4 is 14.9 Å². The number of piperazine rings is 1. The first-order valence-electron chi connectivity index (χ1n) is 10.5. The minimum atomic E-state index is -2.92. The van der Waals surface area contributed by atoms with E-state index in [1.807, 2.05) is 19.1 Å². The lowest BCUT2D eigenvalue weighted by Crippen LogP contribution is -2.46. The standard InChI is InChI=1S/C24H31F2N2O2P.CH4/c1-18(2)30-23(19-4-6-20(7-5-19)24(25,26)31)12-13-27-14-16-28(17-15-27)21-8-10-22(29-3)11-9-21;/h4-11,23H,1,12-17,31H2,2-3H3;1H4. The number of hydrogen-bond donors (Lipinski definition) is 0. The Kier molecular flexibility index (Phi) is 9.47. The SMILES string of the molecule is C.C=C(C)OC(CCN1CCN(c2ccc(OC)cc2)CC1)c1ccc(C(F)(F)P)cc1. The van der Waals surface area contributed by atoms with E-state index in [0.29, 0.717) is 5.76 Å². The third-order valence-electron chi connectivity index (χ3n) is 5.53. The van der Waals surface area contributed by atoms with Crippen LogP contribution in [0.15, 0.2) is 60.9 Å². The first-order chi connectivity index (χ1) is 14.8. The molecule has 0 aromatic heterocycles. The van der Waals surface area contributed by atoms with Crippen molar-refractivity contribution in [1.29, 1.82) is 0 Å². The van der Waals surface area contributed by atoms with E-state index < -0.39 is 5.66 Å². The van der Waals surface area contributed by atoms with Crippen LogP contribution in [0.2, 0.25) is 0 Å². The normalized spacial score (nSPS) is 15.6. The molecule has 2 unspecified atom stereocenters. The zero-order chi connectivity index (χ0) is 22.4. The molecule has 176 valence electrons. The molecule has 0 radical (unpaired) electrons. The van der Waals surface area contributed by atoms with Crippen LogP contribution in [0.25, 0.3) is 0 Å². The molecule has 1 aliphatic heterocycles. The van der Waals surface area contributed by atoms with Gasteiger partial charge in [-0.1, -0.05) is 47.5 Å². The van der Waals surface area contributed by atoms with Crippen molar-refractivity contribution < 1.29 is 18.3 Å². The van der Waals surface area contributed by atoms with E-state index in [-0.39, 0.29) is 19.1 Å². The molecule has 0 saturated carbocycles. The molecule has 1 saturated heterocycles. The van der Waals surface area contributed by atoms with Gasteiger partial charge in [-0.2, -0.15) is 8.78 Å². The lowest BCUT2D eigenvalue weighted by Gasteiger charge is -2.36. The van der Waals surface area contributed by atoms with E-state index >= 15 is 0 Å². The third kappa shape index (κ3) is 7.18. The summed E-state index contributed by atoms with van der Waals surface area (Å²) in [5, 5.41) is 0. The van der Waals surface area contributed by atoms with Crippen molar-refractivity contribution in [3.63, 3.8) is 0 Å². The number of hydrogen-bond acceptors (Lipinski definition) is 4. The van der Waals surface area contributed by atoms with E-state index in [9.17, 15) is 8.78 Å². The molecule has 0 bridgehead atoms. The highest BCUT2D eigenvalue weighted by atomic mass is 31.0. The number of anilines is 1. The van der Waals surface area contributed by atoms with Crippen molar-refractivity contribution in [3.05, 3.63) is 72.0 Å². The Bertz CT molecular complexity index is 846. The number of methoxy groups -OCH3 is 1. The Morgan fingerprint density at radius 1 is 1.06 bits per heavy atom. The Hall–Kier alpha value is -2.17. The number of alkyl halides is 2. The zero-order valence-electron chi connectivity index (χ0n) is 18.2. The van der Waals surface area contributed by atoms with E-state index in [1.54, 1.807) is 28.5 Å². The molecule has 0 aliphatic carbocycles. The first kappa shape index (κ1) is 26.1. The summed E-state index contributed by atoms with van der Waals surface area (Å²) in [5.74, 6) is 1.48. The molecule has 1 aliphatic rings. The molecule has 2 atom stereocenters. The van der Waals surface area contributed by atoms with Crippen molar-refractivity contribution in [1.82, 2.24) is 4.90 Å². The lowest BCUT2D eigenvalue weighted by molar-refractivity contribution is 0.0944. The second-order valence-electron chi connectivity index (χ2n) is 7.87. The Balaban J connectivity index is 0.00000363. The summed E-state index contributed by atoms with van der Waals surface area (Å²) >= 11 is 0. The second kappa shape index (κ2) is 11.6. The van der Waals surface area contributed by atoms with Gasteiger partial charge >= 0.3 is 0 Å². The first-order valence-corrected chi connectivity index (χ1v) is 11.0. The van der Waals surface area contributed by atoms with Crippen LogP contribution in [-0.4, -0.2) is 44.7 Å². The van der Waals surface area contributed by atoms with Gasteiger partial charge in [0.05, 0.1) is 12.9 Å². The number of ether oxygens (including phenoxy) is 2. The fraction of sp³-hybridized carbons (Fsp3) is 0.440. The predicted octanol–water partition coefficient (Wildman–Crippen LogP) is 6.06. The summed E-state index contributed by atoms with van der Waals surface area (Å²) in [6, 6.07) is 14.5. The van der Waals surface area contributed by atoms with Crippen LogP contribution in [0.1, 0.15) is 38.0 Å². The fourth-order valence-electron chi connectivity index (χ4n) is 3.78. The molecule has 7 heteroatoms. The van der Waals surface area contributed by atoms with Gasteiger partial charge in [-0.15, -0.1) is 0 Å². The van der Waals surface area contributed by atoms with Crippen LogP contribution >= 0.6 is 9.24 Å². The van der Waals surface area contributed by atoms with E-state index in [4.69, 9.17) is 9.47 Å². The summed E-state index contributed by atoms with van der Waals surface area (Å²) in [6.07, 6.45) is 0.565. The van der Waals surface area contributed by atoms with Crippen LogP contribution in [0, 0.1) is 0 Å². The molecular formula is C25H35F2N2O2P. The topological polar surface area (TPSA) is 24.9 Å². The van der Waals surface area contributed by atoms with Gasteiger partial charge in [0.25, 0.3) is 5.66 Å². The average molecular weight is 465 g/mol.